The molecule has 0 N–H and O–H groups in total. The first kappa shape index (κ1) is 15.8. The van der Waals surface area contributed by atoms with Gasteiger partial charge in [-0.1, -0.05) is 26.7 Å². The summed E-state index contributed by atoms with van der Waals surface area (Å²) < 4.78 is 16.4. The quantitative estimate of drug-likeness (QED) is 0.627. The molecule has 0 amide bonds. The second kappa shape index (κ2) is 6.44. The highest BCUT2D eigenvalue weighted by Crippen LogP contribution is 2.32. The molecule has 0 aliphatic rings. The van der Waals surface area contributed by atoms with Crippen molar-refractivity contribution in [2.45, 2.75) is 45.5 Å². The molecule has 1 heterocycles. The van der Waals surface area contributed by atoms with E-state index < -0.39 is 0 Å². The fourth-order valence-corrected chi connectivity index (χ4v) is 3.39. The first-order valence-electron chi connectivity index (χ1n) is 6.95. The molecule has 0 aliphatic carbocycles. The lowest BCUT2D eigenvalue weighted by Gasteiger charge is -2.25. The molecule has 110 valence electrons. The number of imidazole rings is 1. The average molecular weight is 362 g/mol. The van der Waals surface area contributed by atoms with Crippen LogP contribution in [-0.4, -0.2) is 9.55 Å². The van der Waals surface area contributed by atoms with E-state index in [0.29, 0.717) is 16.3 Å². The lowest BCUT2D eigenvalue weighted by Crippen LogP contribution is -2.17. The molecule has 5 heteroatoms. The predicted molar refractivity (Wildman–Crippen MR) is 85.7 cm³/mol. The summed E-state index contributed by atoms with van der Waals surface area (Å²) in [4.78, 5) is 4.54. The normalized spacial score (nSPS) is 13.3. The molecule has 2 rings (SSSR count). The van der Waals surface area contributed by atoms with Crippen molar-refractivity contribution in [1.29, 1.82) is 0 Å². The molecule has 1 atom stereocenters. The Bertz CT molecular complexity index is 607. The van der Waals surface area contributed by atoms with Gasteiger partial charge in [0.15, 0.2) is 0 Å². The van der Waals surface area contributed by atoms with Crippen molar-refractivity contribution >= 4 is 38.6 Å². The van der Waals surface area contributed by atoms with Crippen molar-refractivity contribution in [3.63, 3.8) is 0 Å². The van der Waals surface area contributed by atoms with Gasteiger partial charge in [-0.15, -0.1) is 11.6 Å². The van der Waals surface area contributed by atoms with Crippen LogP contribution in [0.25, 0.3) is 11.0 Å². The van der Waals surface area contributed by atoms with E-state index in [4.69, 9.17) is 11.6 Å². The number of rotatable bonds is 5. The van der Waals surface area contributed by atoms with Crippen LogP contribution in [0.3, 0.4) is 0 Å². The average Bonchev–Trinajstić information content (AvgIpc) is 2.78. The Hall–Kier alpha value is -0.610. The summed E-state index contributed by atoms with van der Waals surface area (Å²) in [5.41, 5.74) is 1.60. The summed E-state index contributed by atoms with van der Waals surface area (Å²) in [6, 6.07) is 3.52. The van der Waals surface area contributed by atoms with Gasteiger partial charge in [-0.2, -0.15) is 0 Å². The van der Waals surface area contributed by atoms with E-state index in [0.717, 1.165) is 29.7 Å². The van der Waals surface area contributed by atoms with Gasteiger partial charge >= 0.3 is 0 Å². The second-order valence-electron chi connectivity index (χ2n) is 5.10. The molecule has 0 fully saturated rings. The van der Waals surface area contributed by atoms with Crippen LogP contribution in [0.4, 0.5) is 4.39 Å². The van der Waals surface area contributed by atoms with E-state index in [1.807, 2.05) is 0 Å². The van der Waals surface area contributed by atoms with Crippen LogP contribution in [0.2, 0.25) is 0 Å². The first-order valence-corrected chi connectivity index (χ1v) is 8.28. The third-order valence-corrected chi connectivity index (χ3v) is 4.91. The largest absolute Gasteiger partial charge is 0.324 e. The number of alkyl halides is 1. The lowest BCUT2D eigenvalue weighted by atomic mass is 9.95. The maximum absolute atomic E-state index is 13.8. The highest BCUT2D eigenvalue weighted by Gasteiger charge is 2.22. The fraction of sp³-hybridized carbons (Fsp3) is 0.533. The van der Waals surface area contributed by atoms with Gasteiger partial charge in [-0.25, -0.2) is 9.37 Å². The van der Waals surface area contributed by atoms with Crippen molar-refractivity contribution < 1.29 is 4.39 Å². The standard InChI is InChI=1S/C15H19BrClFN2/c1-4-10(5-2)9(3)20-14-7-12(18)11(16)6-13(14)19-15(20)8-17/h6-7,9-10H,4-5,8H2,1-3H3. The molecule has 0 bridgehead atoms. The van der Waals surface area contributed by atoms with Crippen molar-refractivity contribution in [2.75, 3.05) is 0 Å². The molecule has 1 aromatic heterocycles. The fourth-order valence-electron chi connectivity index (χ4n) is 2.87. The minimum absolute atomic E-state index is 0.254. The molecule has 0 radical (unpaired) electrons. The van der Waals surface area contributed by atoms with Gasteiger partial charge in [0, 0.05) is 12.1 Å². The van der Waals surface area contributed by atoms with Crippen LogP contribution in [-0.2, 0) is 5.88 Å². The van der Waals surface area contributed by atoms with Crippen LogP contribution in [0.15, 0.2) is 16.6 Å². The van der Waals surface area contributed by atoms with Gasteiger partial charge in [0.1, 0.15) is 11.6 Å². The van der Waals surface area contributed by atoms with E-state index in [9.17, 15) is 4.39 Å². The van der Waals surface area contributed by atoms with Crippen molar-refractivity contribution in [2.24, 2.45) is 5.92 Å². The van der Waals surface area contributed by atoms with Crippen LogP contribution in [0.5, 0.6) is 0 Å². The summed E-state index contributed by atoms with van der Waals surface area (Å²) in [7, 11) is 0. The number of nitrogens with zero attached hydrogens (tertiary/aromatic N) is 2. The number of benzene rings is 1. The molecular formula is C15H19BrClFN2. The van der Waals surface area contributed by atoms with E-state index in [-0.39, 0.29) is 11.9 Å². The predicted octanol–water partition coefficient (Wildman–Crippen LogP) is 5.67. The SMILES string of the molecule is CCC(CC)C(C)n1c(CCl)nc2cc(Br)c(F)cc21. The zero-order valence-electron chi connectivity index (χ0n) is 12.0. The Morgan fingerprint density at radius 2 is 2.00 bits per heavy atom. The molecule has 0 saturated carbocycles. The van der Waals surface area contributed by atoms with Crippen molar-refractivity contribution in [1.82, 2.24) is 9.55 Å². The summed E-state index contributed by atoms with van der Waals surface area (Å²) in [5, 5.41) is 0. The first-order chi connectivity index (χ1) is 9.53. The second-order valence-corrected chi connectivity index (χ2v) is 6.23. The van der Waals surface area contributed by atoms with Crippen LogP contribution in [0, 0.1) is 11.7 Å². The highest BCUT2D eigenvalue weighted by atomic mass is 79.9. The topological polar surface area (TPSA) is 17.8 Å². The smallest absolute Gasteiger partial charge is 0.139 e. The number of hydrogen-bond acceptors (Lipinski definition) is 1. The van der Waals surface area contributed by atoms with Crippen molar-refractivity contribution in [3.05, 3.63) is 28.2 Å². The summed E-state index contributed by atoms with van der Waals surface area (Å²) in [6.07, 6.45) is 2.16. The lowest BCUT2D eigenvalue weighted by molar-refractivity contribution is 0.334. The Morgan fingerprint density at radius 3 is 2.55 bits per heavy atom. The Kier molecular flexibility index (Phi) is 5.08. The maximum atomic E-state index is 13.8. The van der Waals surface area contributed by atoms with Gasteiger partial charge in [-0.05, 0) is 34.8 Å². The molecule has 0 saturated heterocycles. The molecule has 0 spiro atoms. The Labute approximate surface area is 132 Å². The maximum Gasteiger partial charge on any atom is 0.139 e. The van der Waals surface area contributed by atoms with E-state index in [2.05, 4.69) is 46.3 Å². The van der Waals surface area contributed by atoms with E-state index in [1.165, 1.54) is 0 Å². The van der Waals surface area contributed by atoms with Gasteiger partial charge in [0.2, 0.25) is 0 Å². The molecule has 1 aromatic carbocycles. The summed E-state index contributed by atoms with van der Waals surface area (Å²) >= 11 is 9.24. The number of halogens is 3. The number of aromatic nitrogens is 2. The molecule has 1 unspecified atom stereocenters. The third-order valence-electron chi connectivity index (χ3n) is 4.06. The van der Waals surface area contributed by atoms with E-state index in [1.54, 1.807) is 12.1 Å². The summed E-state index contributed by atoms with van der Waals surface area (Å²) in [5.74, 6) is 1.40. The third kappa shape index (κ3) is 2.73. The molecule has 2 nitrogen and oxygen atoms in total. The van der Waals surface area contributed by atoms with Gasteiger partial charge in [-0.3, -0.25) is 0 Å². The van der Waals surface area contributed by atoms with Crippen LogP contribution < -0.4 is 0 Å². The van der Waals surface area contributed by atoms with Gasteiger partial charge in [0.05, 0.1) is 21.4 Å². The van der Waals surface area contributed by atoms with E-state index >= 15 is 0 Å². The zero-order chi connectivity index (χ0) is 14.9. The van der Waals surface area contributed by atoms with Crippen LogP contribution in [0.1, 0.15) is 45.5 Å². The molecule has 2 aromatic rings. The Balaban J connectivity index is 2.63. The number of fused-ring (bicyclic) bond motifs is 1. The van der Waals surface area contributed by atoms with Crippen LogP contribution >= 0.6 is 27.5 Å². The number of hydrogen-bond donors (Lipinski definition) is 0. The highest BCUT2D eigenvalue weighted by molar-refractivity contribution is 9.10. The molecular weight excluding hydrogens is 343 g/mol. The minimum Gasteiger partial charge on any atom is -0.324 e. The zero-order valence-corrected chi connectivity index (χ0v) is 14.3. The Morgan fingerprint density at radius 1 is 1.35 bits per heavy atom. The molecule has 20 heavy (non-hydrogen) atoms. The monoisotopic (exact) mass is 360 g/mol. The van der Waals surface area contributed by atoms with Gasteiger partial charge in [0.25, 0.3) is 0 Å². The minimum atomic E-state index is -0.267. The molecule has 0 aliphatic heterocycles. The van der Waals surface area contributed by atoms with Gasteiger partial charge < -0.3 is 4.57 Å². The summed E-state index contributed by atoms with van der Waals surface area (Å²) in [6.45, 7) is 6.53. The van der Waals surface area contributed by atoms with Crippen molar-refractivity contribution in [3.8, 4) is 0 Å².